The fraction of sp³-hybridized carbons (Fsp3) is 0.923. The fourth-order valence-electron chi connectivity index (χ4n) is 1.66. The molecule has 0 aliphatic heterocycles. The Hall–Kier alpha value is 0. The van der Waals surface area contributed by atoms with E-state index in [4.69, 9.17) is 0 Å². The van der Waals surface area contributed by atoms with Gasteiger partial charge in [0, 0.05) is 0 Å². The van der Waals surface area contributed by atoms with Gasteiger partial charge in [0.1, 0.15) is 0 Å². The second kappa shape index (κ2) is 12.0. The van der Waals surface area contributed by atoms with Crippen LogP contribution in [0.15, 0.2) is 0 Å². The number of hydrogen-bond donors (Lipinski definition) is 0. The van der Waals surface area contributed by atoms with Crippen LogP contribution < -0.4 is 0 Å². The Morgan fingerprint density at radius 2 is 1.15 bits per heavy atom. The van der Waals surface area contributed by atoms with Gasteiger partial charge in [0.25, 0.3) is 0 Å². The molecule has 0 bridgehead atoms. The summed E-state index contributed by atoms with van der Waals surface area (Å²) in [5.41, 5.74) is 0. The molecule has 0 aromatic carbocycles. The third kappa shape index (κ3) is 12.0. The van der Waals surface area contributed by atoms with Gasteiger partial charge in [0.2, 0.25) is 0 Å². The first-order valence-electron chi connectivity index (χ1n) is 6.19. The van der Waals surface area contributed by atoms with Gasteiger partial charge < -0.3 is 0 Å². The molecular formula is C13H27. The molecule has 0 rings (SSSR count). The summed E-state index contributed by atoms with van der Waals surface area (Å²) in [4.78, 5) is 0. The van der Waals surface area contributed by atoms with Gasteiger partial charge in [0.05, 0.1) is 0 Å². The molecule has 1 radical (unpaired) electrons. The van der Waals surface area contributed by atoms with Crippen molar-refractivity contribution in [3.05, 3.63) is 6.42 Å². The minimum absolute atomic E-state index is 1.32. The van der Waals surface area contributed by atoms with Crippen LogP contribution in [0.2, 0.25) is 0 Å². The van der Waals surface area contributed by atoms with Crippen LogP contribution in [0.1, 0.15) is 78.1 Å². The lowest BCUT2D eigenvalue weighted by atomic mass is 10.1. The van der Waals surface area contributed by atoms with E-state index in [1.165, 1.54) is 64.2 Å². The van der Waals surface area contributed by atoms with E-state index in [1.54, 1.807) is 0 Å². The van der Waals surface area contributed by atoms with Gasteiger partial charge in [-0.15, -0.1) is 0 Å². The SMILES string of the molecule is C[CH]CCCCCCCCCCC. The summed E-state index contributed by atoms with van der Waals surface area (Å²) in [5, 5.41) is 0. The van der Waals surface area contributed by atoms with Crippen molar-refractivity contribution in [2.45, 2.75) is 78.1 Å². The van der Waals surface area contributed by atoms with Crippen molar-refractivity contribution in [3.8, 4) is 0 Å². The van der Waals surface area contributed by atoms with E-state index < -0.39 is 0 Å². The van der Waals surface area contributed by atoms with Crippen LogP contribution >= 0.6 is 0 Å². The van der Waals surface area contributed by atoms with Crippen LogP contribution in [-0.2, 0) is 0 Å². The molecule has 0 atom stereocenters. The van der Waals surface area contributed by atoms with Crippen LogP contribution in [0.25, 0.3) is 0 Å². The Kier molecular flexibility index (Phi) is 12.0. The standard InChI is InChI=1S/C13H27/c1-3-5-7-9-11-13-12-10-8-6-4-2/h3H,4-13H2,1-2H3. The Labute approximate surface area is 85.1 Å². The smallest absolute Gasteiger partial charge is 0.0417 e. The van der Waals surface area contributed by atoms with Crippen LogP contribution in [0.4, 0.5) is 0 Å². The Balaban J connectivity index is 2.76. The third-order valence-electron chi connectivity index (χ3n) is 2.60. The highest BCUT2D eigenvalue weighted by Gasteiger charge is 1.91. The van der Waals surface area contributed by atoms with E-state index in [2.05, 4.69) is 20.3 Å². The zero-order chi connectivity index (χ0) is 9.78. The van der Waals surface area contributed by atoms with Gasteiger partial charge in [-0.05, 0) is 6.42 Å². The molecule has 0 saturated heterocycles. The van der Waals surface area contributed by atoms with Crippen molar-refractivity contribution in [3.63, 3.8) is 0 Å². The summed E-state index contributed by atoms with van der Waals surface area (Å²) in [6.45, 7) is 4.44. The monoisotopic (exact) mass is 183 g/mol. The van der Waals surface area contributed by atoms with Gasteiger partial charge in [-0.3, -0.25) is 0 Å². The lowest BCUT2D eigenvalue weighted by Gasteiger charge is -2.00. The number of hydrogen-bond acceptors (Lipinski definition) is 0. The highest BCUT2D eigenvalue weighted by molar-refractivity contribution is 4.55. The minimum atomic E-state index is 1.32. The maximum Gasteiger partial charge on any atom is -0.0417 e. The molecule has 0 aliphatic carbocycles. The Morgan fingerprint density at radius 1 is 0.692 bits per heavy atom. The summed E-state index contributed by atoms with van der Waals surface area (Å²) in [7, 11) is 0. The van der Waals surface area contributed by atoms with Gasteiger partial charge in [0.15, 0.2) is 0 Å². The second-order valence-electron chi connectivity index (χ2n) is 4.03. The second-order valence-corrected chi connectivity index (χ2v) is 4.03. The quantitative estimate of drug-likeness (QED) is 0.412. The Bertz CT molecular complexity index is 66.1. The maximum absolute atomic E-state index is 2.28. The van der Waals surface area contributed by atoms with Gasteiger partial charge >= 0.3 is 0 Å². The molecule has 13 heavy (non-hydrogen) atoms. The molecule has 0 aromatic heterocycles. The van der Waals surface area contributed by atoms with Gasteiger partial charge in [-0.25, -0.2) is 0 Å². The molecule has 0 N–H and O–H groups in total. The lowest BCUT2D eigenvalue weighted by Crippen LogP contribution is -1.81. The van der Waals surface area contributed by atoms with Crippen molar-refractivity contribution in [1.82, 2.24) is 0 Å². The van der Waals surface area contributed by atoms with E-state index in [0.29, 0.717) is 0 Å². The summed E-state index contributed by atoms with van der Waals surface area (Å²) in [6, 6.07) is 0. The van der Waals surface area contributed by atoms with E-state index in [-0.39, 0.29) is 0 Å². The topological polar surface area (TPSA) is 0 Å². The van der Waals surface area contributed by atoms with Crippen molar-refractivity contribution < 1.29 is 0 Å². The average Bonchev–Trinajstić information content (AvgIpc) is 2.16. The minimum Gasteiger partial charge on any atom is -0.0654 e. The maximum atomic E-state index is 2.28. The van der Waals surface area contributed by atoms with Crippen LogP contribution in [0.3, 0.4) is 0 Å². The molecule has 0 heteroatoms. The molecular weight excluding hydrogens is 156 g/mol. The Morgan fingerprint density at radius 3 is 1.62 bits per heavy atom. The molecule has 0 unspecified atom stereocenters. The van der Waals surface area contributed by atoms with Crippen LogP contribution in [-0.4, -0.2) is 0 Å². The molecule has 0 amide bonds. The molecule has 0 aromatic rings. The van der Waals surface area contributed by atoms with Crippen molar-refractivity contribution >= 4 is 0 Å². The summed E-state index contributed by atoms with van der Waals surface area (Å²) in [6.07, 6.45) is 16.6. The van der Waals surface area contributed by atoms with Crippen LogP contribution in [0.5, 0.6) is 0 Å². The first kappa shape index (κ1) is 13.0. The number of unbranched alkanes of at least 4 members (excludes halogenated alkanes) is 10. The molecule has 0 aliphatic rings. The predicted octanol–water partition coefficient (Wildman–Crippen LogP) is 5.13. The normalized spacial score (nSPS) is 10.6. The molecule has 0 fully saturated rings. The first-order valence-corrected chi connectivity index (χ1v) is 6.19. The van der Waals surface area contributed by atoms with Crippen molar-refractivity contribution in [1.29, 1.82) is 0 Å². The molecule has 0 saturated carbocycles. The first-order chi connectivity index (χ1) is 6.41. The van der Waals surface area contributed by atoms with E-state index in [9.17, 15) is 0 Å². The average molecular weight is 183 g/mol. The van der Waals surface area contributed by atoms with E-state index in [1.807, 2.05) is 0 Å². The van der Waals surface area contributed by atoms with E-state index >= 15 is 0 Å². The largest absolute Gasteiger partial charge is 0.0654 e. The fourth-order valence-corrected chi connectivity index (χ4v) is 1.66. The van der Waals surface area contributed by atoms with E-state index in [0.717, 1.165) is 0 Å². The van der Waals surface area contributed by atoms with Gasteiger partial charge in [-0.1, -0.05) is 78.1 Å². The summed E-state index contributed by atoms with van der Waals surface area (Å²) >= 11 is 0. The summed E-state index contributed by atoms with van der Waals surface area (Å²) in [5.74, 6) is 0. The zero-order valence-corrected chi connectivity index (χ0v) is 9.65. The molecule has 0 nitrogen and oxygen atoms in total. The predicted molar refractivity (Wildman–Crippen MR) is 61.8 cm³/mol. The van der Waals surface area contributed by atoms with Crippen molar-refractivity contribution in [2.75, 3.05) is 0 Å². The van der Waals surface area contributed by atoms with Gasteiger partial charge in [-0.2, -0.15) is 0 Å². The number of rotatable bonds is 10. The summed E-state index contributed by atoms with van der Waals surface area (Å²) < 4.78 is 0. The lowest BCUT2D eigenvalue weighted by molar-refractivity contribution is 0.564. The molecule has 0 spiro atoms. The highest BCUT2D eigenvalue weighted by Crippen LogP contribution is 2.10. The molecule has 0 heterocycles. The third-order valence-corrected chi connectivity index (χ3v) is 2.60. The zero-order valence-electron chi connectivity index (χ0n) is 9.65. The highest BCUT2D eigenvalue weighted by atomic mass is 14.0. The van der Waals surface area contributed by atoms with Crippen LogP contribution in [0, 0.1) is 6.42 Å². The molecule has 79 valence electrons. The van der Waals surface area contributed by atoms with Crippen molar-refractivity contribution in [2.24, 2.45) is 0 Å².